The van der Waals surface area contributed by atoms with Gasteiger partial charge in [-0.3, -0.25) is 0 Å². The minimum atomic E-state index is 0.652. The highest BCUT2D eigenvalue weighted by atomic mass is 127. The zero-order valence-corrected chi connectivity index (χ0v) is 9.07. The van der Waals surface area contributed by atoms with Gasteiger partial charge in [0.25, 0.3) is 0 Å². The van der Waals surface area contributed by atoms with Gasteiger partial charge in [-0.1, -0.05) is 0 Å². The molecule has 0 amide bonds. The van der Waals surface area contributed by atoms with Crippen LogP contribution in [0.5, 0.6) is 0 Å². The predicted octanol–water partition coefficient (Wildman–Crippen LogP) is 2.39. The number of allylic oxidation sites excluding steroid dienone is 1. The molecular formula is C6H8BrIN2. The maximum atomic E-state index is 6.94. The van der Waals surface area contributed by atoms with E-state index in [1.165, 1.54) is 19.1 Å². The van der Waals surface area contributed by atoms with E-state index in [1.54, 1.807) is 0 Å². The third kappa shape index (κ3) is 2.57. The van der Waals surface area contributed by atoms with Gasteiger partial charge >= 0.3 is 0 Å². The predicted molar refractivity (Wildman–Crippen MR) is 54.9 cm³/mol. The molecule has 0 aromatic heterocycles. The average molecular weight is 315 g/mol. The van der Waals surface area contributed by atoms with E-state index in [1.807, 2.05) is 0 Å². The highest BCUT2D eigenvalue weighted by Gasteiger charge is 2.21. The SMILES string of the molecule is N=C/C(I)=C(/Br)NC1CC1. The maximum Gasteiger partial charge on any atom is 0.0933 e. The van der Waals surface area contributed by atoms with E-state index in [2.05, 4.69) is 43.8 Å². The second-order valence-corrected chi connectivity index (χ2v) is 4.18. The van der Waals surface area contributed by atoms with Gasteiger partial charge in [0, 0.05) is 12.3 Å². The van der Waals surface area contributed by atoms with Crippen LogP contribution >= 0.6 is 38.5 Å². The summed E-state index contributed by atoms with van der Waals surface area (Å²) in [6, 6.07) is 0.652. The van der Waals surface area contributed by atoms with Gasteiger partial charge < -0.3 is 10.7 Å². The molecule has 2 N–H and O–H groups in total. The Morgan fingerprint density at radius 1 is 1.70 bits per heavy atom. The normalized spacial score (nSPS) is 19.8. The summed E-state index contributed by atoms with van der Waals surface area (Å²) >= 11 is 5.47. The average Bonchev–Trinajstić information content (AvgIpc) is 2.70. The Balaban J connectivity index is 2.43. The molecule has 0 unspecified atom stereocenters. The molecule has 1 aliphatic carbocycles. The summed E-state index contributed by atoms with van der Waals surface area (Å²) in [6.45, 7) is 0. The molecule has 4 heteroatoms. The zero-order chi connectivity index (χ0) is 7.56. The zero-order valence-electron chi connectivity index (χ0n) is 5.32. The highest BCUT2D eigenvalue weighted by Crippen LogP contribution is 2.24. The third-order valence-electron chi connectivity index (χ3n) is 1.24. The Bertz CT molecular complexity index is 175. The fourth-order valence-electron chi connectivity index (χ4n) is 0.539. The lowest BCUT2D eigenvalue weighted by Crippen LogP contribution is -2.12. The molecular weight excluding hydrogens is 307 g/mol. The molecule has 56 valence electrons. The van der Waals surface area contributed by atoms with Crippen LogP contribution in [-0.2, 0) is 0 Å². The van der Waals surface area contributed by atoms with Crippen LogP contribution in [0.1, 0.15) is 12.8 Å². The summed E-state index contributed by atoms with van der Waals surface area (Å²) in [4.78, 5) is 0. The summed E-state index contributed by atoms with van der Waals surface area (Å²) in [5.41, 5.74) is 0. The van der Waals surface area contributed by atoms with Crippen molar-refractivity contribution >= 4 is 44.7 Å². The van der Waals surface area contributed by atoms with Crippen molar-refractivity contribution in [2.24, 2.45) is 0 Å². The first-order valence-corrected chi connectivity index (χ1v) is 4.93. The Morgan fingerprint density at radius 3 is 2.70 bits per heavy atom. The van der Waals surface area contributed by atoms with E-state index in [4.69, 9.17) is 5.41 Å². The Hall–Kier alpha value is 0.420. The lowest BCUT2D eigenvalue weighted by Gasteiger charge is -2.01. The first kappa shape index (κ1) is 8.52. The van der Waals surface area contributed by atoms with Crippen LogP contribution in [0.25, 0.3) is 0 Å². The van der Waals surface area contributed by atoms with Crippen molar-refractivity contribution in [3.63, 3.8) is 0 Å². The van der Waals surface area contributed by atoms with Gasteiger partial charge in [0.1, 0.15) is 0 Å². The Labute approximate surface area is 82.2 Å². The van der Waals surface area contributed by atoms with Gasteiger partial charge in [-0.05, 0) is 51.4 Å². The molecule has 0 heterocycles. The van der Waals surface area contributed by atoms with Crippen LogP contribution in [0.2, 0.25) is 0 Å². The third-order valence-corrected chi connectivity index (χ3v) is 3.49. The summed E-state index contributed by atoms with van der Waals surface area (Å²) < 4.78 is 1.87. The van der Waals surface area contributed by atoms with Gasteiger partial charge in [-0.25, -0.2) is 0 Å². The molecule has 1 saturated carbocycles. The quantitative estimate of drug-likeness (QED) is 0.468. The molecule has 0 radical (unpaired) electrons. The minimum Gasteiger partial charge on any atom is -0.376 e. The molecule has 0 saturated heterocycles. The number of hydrogen-bond acceptors (Lipinski definition) is 2. The van der Waals surface area contributed by atoms with Crippen molar-refractivity contribution in [2.75, 3.05) is 0 Å². The van der Waals surface area contributed by atoms with Crippen LogP contribution < -0.4 is 5.32 Å². The first-order valence-electron chi connectivity index (χ1n) is 3.06. The van der Waals surface area contributed by atoms with Crippen molar-refractivity contribution in [3.8, 4) is 0 Å². The molecule has 0 aromatic rings. The van der Waals surface area contributed by atoms with Crippen molar-refractivity contribution in [1.82, 2.24) is 5.32 Å². The molecule has 0 bridgehead atoms. The van der Waals surface area contributed by atoms with E-state index < -0.39 is 0 Å². The number of halogens is 2. The lowest BCUT2D eigenvalue weighted by molar-refractivity contribution is 0.853. The second-order valence-electron chi connectivity index (χ2n) is 2.22. The van der Waals surface area contributed by atoms with E-state index in [-0.39, 0.29) is 0 Å². The fourth-order valence-corrected chi connectivity index (χ4v) is 1.13. The fraction of sp³-hybridized carbons (Fsp3) is 0.500. The largest absolute Gasteiger partial charge is 0.376 e. The summed E-state index contributed by atoms with van der Waals surface area (Å²) in [5, 5.41) is 10.2. The summed E-state index contributed by atoms with van der Waals surface area (Å²) in [7, 11) is 0. The Kier molecular flexibility index (Phi) is 3.16. The van der Waals surface area contributed by atoms with E-state index in [0.29, 0.717) is 6.04 Å². The van der Waals surface area contributed by atoms with Gasteiger partial charge in [0.15, 0.2) is 0 Å². The van der Waals surface area contributed by atoms with Crippen LogP contribution in [0, 0.1) is 5.41 Å². The minimum absolute atomic E-state index is 0.652. The topological polar surface area (TPSA) is 35.9 Å². The highest BCUT2D eigenvalue weighted by molar-refractivity contribution is 14.1. The van der Waals surface area contributed by atoms with E-state index in [0.717, 1.165) is 8.19 Å². The second kappa shape index (κ2) is 3.71. The molecule has 1 aliphatic rings. The van der Waals surface area contributed by atoms with Crippen molar-refractivity contribution in [1.29, 1.82) is 5.41 Å². The molecule has 0 atom stereocenters. The van der Waals surface area contributed by atoms with E-state index in [9.17, 15) is 0 Å². The molecule has 2 nitrogen and oxygen atoms in total. The molecule has 1 rings (SSSR count). The van der Waals surface area contributed by atoms with E-state index >= 15 is 0 Å². The number of rotatable bonds is 3. The van der Waals surface area contributed by atoms with Gasteiger partial charge in [-0.2, -0.15) is 0 Å². The van der Waals surface area contributed by atoms with Gasteiger partial charge in [0.05, 0.1) is 8.19 Å². The molecule has 0 spiro atoms. The number of hydrogen-bond donors (Lipinski definition) is 2. The number of nitrogens with one attached hydrogen (secondary N) is 2. The molecule has 10 heavy (non-hydrogen) atoms. The van der Waals surface area contributed by atoms with Crippen molar-refractivity contribution < 1.29 is 0 Å². The van der Waals surface area contributed by atoms with Gasteiger partial charge in [-0.15, -0.1) is 0 Å². The van der Waals surface area contributed by atoms with Crippen molar-refractivity contribution in [2.45, 2.75) is 18.9 Å². The van der Waals surface area contributed by atoms with Crippen LogP contribution in [0.3, 0.4) is 0 Å². The monoisotopic (exact) mass is 314 g/mol. The Morgan fingerprint density at radius 2 is 2.30 bits per heavy atom. The maximum absolute atomic E-state index is 6.94. The van der Waals surface area contributed by atoms with Crippen molar-refractivity contribution in [3.05, 3.63) is 8.19 Å². The smallest absolute Gasteiger partial charge is 0.0933 e. The summed E-state index contributed by atoms with van der Waals surface area (Å²) in [6.07, 6.45) is 3.86. The molecule has 1 fully saturated rings. The van der Waals surface area contributed by atoms with Crippen LogP contribution in [0.4, 0.5) is 0 Å². The van der Waals surface area contributed by atoms with Crippen LogP contribution in [-0.4, -0.2) is 12.3 Å². The lowest BCUT2D eigenvalue weighted by atomic mass is 10.6. The molecule has 0 aromatic carbocycles. The van der Waals surface area contributed by atoms with Crippen LogP contribution in [0.15, 0.2) is 8.19 Å². The first-order chi connectivity index (χ1) is 4.74. The summed E-state index contributed by atoms with van der Waals surface area (Å²) in [5.74, 6) is 0. The molecule has 0 aliphatic heterocycles. The standard InChI is InChI=1S/C6H8BrIN2/c7-6(5(8)3-9)10-4-1-2-4/h3-4,9-10H,1-2H2/b6-5+,9-3?. The van der Waals surface area contributed by atoms with Gasteiger partial charge in [0.2, 0.25) is 0 Å².